The van der Waals surface area contributed by atoms with Gasteiger partial charge in [0.05, 0.1) is 19.0 Å². The van der Waals surface area contributed by atoms with Gasteiger partial charge in [0.2, 0.25) is 0 Å². The fourth-order valence-corrected chi connectivity index (χ4v) is 3.78. The first kappa shape index (κ1) is 18.3. The van der Waals surface area contributed by atoms with Crippen molar-refractivity contribution in [3.05, 3.63) is 71.4 Å². The first-order chi connectivity index (χ1) is 13.7. The van der Waals surface area contributed by atoms with Crippen molar-refractivity contribution in [1.29, 1.82) is 0 Å². The van der Waals surface area contributed by atoms with Gasteiger partial charge in [0.1, 0.15) is 10.7 Å². The van der Waals surface area contributed by atoms with Crippen molar-refractivity contribution >= 4 is 40.9 Å². The molecule has 0 fully saturated rings. The van der Waals surface area contributed by atoms with E-state index in [9.17, 15) is 0 Å². The van der Waals surface area contributed by atoms with Crippen LogP contribution < -0.4 is 10.2 Å². The number of hydrogen-bond donors (Lipinski definition) is 1. The molecule has 0 saturated carbocycles. The molecule has 0 bridgehead atoms. The van der Waals surface area contributed by atoms with Crippen LogP contribution >= 0.6 is 24.0 Å². The van der Waals surface area contributed by atoms with Crippen LogP contribution in [0.25, 0.3) is 0 Å². The third kappa shape index (κ3) is 3.95. The molecule has 140 valence electrons. The van der Waals surface area contributed by atoms with E-state index in [4.69, 9.17) is 17.0 Å². The summed E-state index contributed by atoms with van der Waals surface area (Å²) in [4.78, 5) is 1.92. The van der Waals surface area contributed by atoms with E-state index in [1.165, 1.54) is 4.79 Å². The highest BCUT2D eigenvalue weighted by atomic mass is 32.2. The Hall–Kier alpha value is -3.04. The number of hydrazone groups is 1. The molecule has 1 aliphatic heterocycles. The molecule has 9 heteroatoms. The maximum Gasteiger partial charge on any atom is 0.158 e. The van der Waals surface area contributed by atoms with E-state index in [1.807, 2.05) is 54.6 Å². The number of ether oxygens (including phenoxy) is 1. The topological polar surface area (TPSA) is 76.7 Å². The van der Waals surface area contributed by atoms with Crippen molar-refractivity contribution in [1.82, 2.24) is 20.5 Å². The van der Waals surface area contributed by atoms with E-state index in [0.29, 0.717) is 10.7 Å². The van der Waals surface area contributed by atoms with Crippen LogP contribution in [-0.4, -0.2) is 44.9 Å². The summed E-state index contributed by atoms with van der Waals surface area (Å²) in [7, 11) is 1.63. The number of aromatic nitrogens is 3. The van der Waals surface area contributed by atoms with Gasteiger partial charge in [0.15, 0.2) is 10.7 Å². The fraction of sp³-hybridized carbons (Fsp3) is 0.105. The van der Waals surface area contributed by atoms with Crippen LogP contribution in [0.4, 0.5) is 0 Å². The second-order valence-electron chi connectivity index (χ2n) is 5.81. The lowest BCUT2D eigenvalue weighted by Crippen LogP contribution is -2.19. The molecule has 7 nitrogen and oxygen atoms in total. The molecule has 1 aromatic heterocycles. The third-order valence-corrected chi connectivity index (χ3v) is 5.32. The van der Waals surface area contributed by atoms with Crippen molar-refractivity contribution in [3.63, 3.8) is 0 Å². The molecule has 28 heavy (non-hydrogen) atoms. The lowest BCUT2D eigenvalue weighted by Gasteiger charge is -2.13. The van der Waals surface area contributed by atoms with Crippen LogP contribution in [0, 0.1) is 0 Å². The Morgan fingerprint density at radius 1 is 1.21 bits per heavy atom. The zero-order valence-corrected chi connectivity index (χ0v) is 16.6. The number of rotatable bonds is 5. The van der Waals surface area contributed by atoms with E-state index < -0.39 is 0 Å². The predicted octanol–water partition coefficient (Wildman–Crippen LogP) is 2.94. The van der Waals surface area contributed by atoms with Crippen LogP contribution in [0.3, 0.4) is 0 Å². The Bertz CT molecular complexity index is 1040. The van der Waals surface area contributed by atoms with Gasteiger partial charge < -0.3 is 4.74 Å². The Morgan fingerprint density at radius 2 is 2.00 bits per heavy atom. The monoisotopic (exact) mass is 408 g/mol. The normalized spacial score (nSPS) is 13.1. The summed E-state index contributed by atoms with van der Waals surface area (Å²) in [5.41, 5.74) is 6.36. The summed E-state index contributed by atoms with van der Waals surface area (Å²) in [5, 5.41) is 17.8. The zero-order chi connectivity index (χ0) is 19.3. The van der Waals surface area contributed by atoms with Gasteiger partial charge >= 0.3 is 0 Å². The van der Waals surface area contributed by atoms with Crippen molar-refractivity contribution in [2.24, 2.45) is 10.2 Å². The maximum absolute atomic E-state index is 5.42. The highest BCUT2D eigenvalue weighted by molar-refractivity contribution is 8.00. The Morgan fingerprint density at radius 3 is 2.75 bits per heavy atom. The molecule has 2 aromatic carbocycles. The van der Waals surface area contributed by atoms with E-state index in [-0.39, 0.29) is 0 Å². The molecule has 0 unspecified atom stereocenters. The molecule has 3 aromatic rings. The average molecular weight is 409 g/mol. The van der Waals surface area contributed by atoms with E-state index in [2.05, 4.69) is 25.9 Å². The molecule has 4 rings (SSSR count). The largest absolute Gasteiger partial charge is 0.497 e. The Kier molecular flexibility index (Phi) is 5.45. The number of fused-ring (bicyclic) bond motifs is 1. The molecular weight excluding hydrogens is 392 g/mol. The second-order valence-corrected chi connectivity index (χ2v) is 7.18. The van der Waals surface area contributed by atoms with Crippen LogP contribution in [0.15, 0.2) is 69.8 Å². The van der Waals surface area contributed by atoms with Gasteiger partial charge in [-0.1, -0.05) is 54.3 Å². The lowest BCUT2D eigenvalue weighted by molar-refractivity contribution is 0.415. The SMILES string of the molecule is COc1ccc(/C=N\NC(=S)c2nnn3c2SCC(c2ccccc2)=N3)cc1. The van der Waals surface area contributed by atoms with Gasteiger partial charge in [-0.15, -0.1) is 9.89 Å². The van der Waals surface area contributed by atoms with Crippen LogP contribution in [0.1, 0.15) is 16.8 Å². The van der Waals surface area contributed by atoms with Gasteiger partial charge in [0, 0.05) is 5.75 Å². The quantitative estimate of drug-likeness (QED) is 0.397. The van der Waals surface area contributed by atoms with E-state index >= 15 is 0 Å². The minimum absolute atomic E-state index is 0.400. The first-order valence-corrected chi connectivity index (χ1v) is 9.83. The number of nitrogens with one attached hydrogen (secondary N) is 1. The van der Waals surface area contributed by atoms with Gasteiger partial charge in [-0.2, -0.15) is 10.2 Å². The minimum atomic E-state index is 0.400. The van der Waals surface area contributed by atoms with Crippen LogP contribution in [-0.2, 0) is 0 Å². The number of nitrogens with zero attached hydrogens (tertiary/aromatic N) is 5. The summed E-state index contributed by atoms with van der Waals surface area (Å²) in [6.07, 6.45) is 1.68. The summed E-state index contributed by atoms with van der Waals surface area (Å²) >= 11 is 7.02. The zero-order valence-electron chi connectivity index (χ0n) is 14.9. The minimum Gasteiger partial charge on any atom is -0.497 e. The number of thiocarbonyl (C=S) groups is 1. The number of hydrogen-bond acceptors (Lipinski definition) is 7. The molecule has 1 aliphatic rings. The molecular formula is C19H16N6OS2. The van der Waals surface area contributed by atoms with Crippen LogP contribution in [0.5, 0.6) is 5.75 Å². The van der Waals surface area contributed by atoms with Crippen molar-refractivity contribution in [3.8, 4) is 5.75 Å². The molecule has 1 N–H and O–H groups in total. The number of benzene rings is 2. The van der Waals surface area contributed by atoms with Gasteiger partial charge in [-0.05, 0) is 40.6 Å². The molecule has 0 atom stereocenters. The summed E-state index contributed by atoms with van der Waals surface area (Å²) in [5.74, 6) is 1.52. The van der Waals surface area contributed by atoms with E-state index in [0.717, 1.165) is 33.4 Å². The molecule has 0 spiro atoms. The Balaban J connectivity index is 1.46. The Labute approximate surface area is 171 Å². The third-order valence-electron chi connectivity index (χ3n) is 3.99. The number of thioether (sulfide) groups is 1. The number of methoxy groups -OCH3 is 1. The molecule has 0 radical (unpaired) electrons. The molecule has 0 amide bonds. The summed E-state index contributed by atoms with van der Waals surface area (Å²) in [6, 6.07) is 17.6. The second kappa shape index (κ2) is 8.32. The summed E-state index contributed by atoms with van der Waals surface area (Å²) < 4.78 is 5.14. The molecule has 0 saturated heterocycles. The molecule has 0 aliphatic carbocycles. The standard InChI is InChI=1S/C19H16N6OS2/c1-26-15-9-7-13(8-10-15)11-20-22-18(27)17-19-25(24-21-17)23-16(12-28-19)14-5-3-2-4-6-14/h2-11H,12H2,1H3,(H,22,27)/b20-11-. The van der Waals surface area contributed by atoms with Gasteiger partial charge in [-0.3, -0.25) is 5.43 Å². The molecule has 2 heterocycles. The van der Waals surface area contributed by atoms with Gasteiger partial charge in [-0.25, -0.2) is 0 Å². The first-order valence-electron chi connectivity index (χ1n) is 8.44. The van der Waals surface area contributed by atoms with Crippen molar-refractivity contribution in [2.45, 2.75) is 5.03 Å². The fourth-order valence-electron chi connectivity index (χ4n) is 2.56. The smallest absolute Gasteiger partial charge is 0.158 e. The highest BCUT2D eigenvalue weighted by Crippen LogP contribution is 2.26. The lowest BCUT2D eigenvalue weighted by atomic mass is 10.1. The average Bonchev–Trinajstić information content (AvgIpc) is 3.18. The van der Waals surface area contributed by atoms with Crippen molar-refractivity contribution < 1.29 is 4.74 Å². The highest BCUT2D eigenvalue weighted by Gasteiger charge is 2.22. The maximum atomic E-state index is 5.42. The summed E-state index contributed by atoms with van der Waals surface area (Å²) in [6.45, 7) is 0. The van der Waals surface area contributed by atoms with Crippen molar-refractivity contribution in [2.75, 3.05) is 12.9 Å². The predicted molar refractivity (Wildman–Crippen MR) is 115 cm³/mol. The van der Waals surface area contributed by atoms with Crippen LogP contribution in [0.2, 0.25) is 0 Å². The van der Waals surface area contributed by atoms with Gasteiger partial charge in [0.25, 0.3) is 0 Å². The van der Waals surface area contributed by atoms with E-state index in [1.54, 1.807) is 25.1 Å².